The van der Waals surface area contributed by atoms with E-state index in [0.29, 0.717) is 12.5 Å². The van der Waals surface area contributed by atoms with Crippen molar-refractivity contribution in [3.63, 3.8) is 0 Å². The van der Waals surface area contributed by atoms with Crippen LogP contribution in [0.3, 0.4) is 0 Å². The fraction of sp³-hybridized carbons (Fsp3) is 0.600. The highest BCUT2D eigenvalue weighted by Crippen LogP contribution is 2.20. The molecule has 1 atom stereocenters. The first kappa shape index (κ1) is 8.48. The molecule has 0 radical (unpaired) electrons. The third kappa shape index (κ3) is 1.79. The molecule has 1 aliphatic carbocycles. The van der Waals surface area contributed by atoms with Crippen LogP contribution in [0.4, 0.5) is 0 Å². The Labute approximate surface area is 78.1 Å². The first-order chi connectivity index (χ1) is 6.38. The predicted molar refractivity (Wildman–Crippen MR) is 51.6 cm³/mol. The smallest absolute Gasteiger partial charge is 0.155 e. The standard InChI is InChI=1S/C10H14N2O/c13-10-5-2-1-4-9(10)12-7-3-6-11-8-12/h3,6-7,9H,1-2,4-5,8H2. The van der Waals surface area contributed by atoms with E-state index in [0.717, 1.165) is 19.3 Å². The van der Waals surface area contributed by atoms with Crippen LogP contribution in [0.1, 0.15) is 25.7 Å². The molecule has 2 rings (SSSR count). The molecule has 2 aliphatic rings. The first-order valence-corrected chi connectivity index (χ1v) is 4.83. The molecule has 3 heteroatoms. The summed E-state index contributed by atoms with van der Waals surface area (Å²) in [6.45, 7) is 0.646. The minimum atomic E-state index is 0.0995. The van der Waals surface area contributed by atoms with Crippen LogP contribution in [0.15, 0.2) is 17.3 Å². The molecule has 0 spiro atoms. The second-order valence-electron chi connectivity index (χ2n) is 3.56. The molecule has 0 aromatic carbocycles. The van der Waals surface area contributed by atoms with E-state index in [-0.39, 0.29) is 6.04 Å². The van der Waals surface area contributed by atoms with E-state index < -0.39 is 0 Å². The molecule has 1 aliphatic heterocycles. The number of carbonyl (C=O) groups excluding carboxylic acids is 1. The number of aliphatic imine (C=N–C) groups is 1. The van der Waals surface area contributed by atoms with E-state index >= 15 is 0 Å². The molecule has 1 saturated carbocycles. The minimum absolute atomic E-state index is 0.0995. The summed E-state index contributed by atoms with van der Waals surface area (Å²) < 4.78 is 0. The van der Waals surface area contributed by atoms with Crippen LogP contribution in [-0.4, -0.2) is 29.6 Å². The van der Waals surface area contributed by atoms with Crippen LogP contribution in [0.5, 0.6) is 0 Å². The molecule has 1 fully saturated rings. The van der Waals surface area contributed by atoms with Crippen molar-refractivity contribution in [1.82, 2.24) is 4.90 Å². The molecule has 0 aromatic heterocycles. The summed E-state index contributed by atoms with van der Waals surface area (Å²) in [7, 11) is 0. The van der Waals surface area contributed by atoms with Crippen LogP contribution in [-0.2, 0) is 4.79 Å². The van der Waals surface area contributed by atoms with Crippen LogP contribution in [0.25, 0.3) is 0 Å². The van der Waals surface area contributed by atoms with Crippen molar-refractivity contribution in [2.45, 2.75) is 31.7 Å². The number of Topliss-reactive ketones (excluding diaryl/α,β-unsaturated/α-hetero) is 1. The van der Waals surface area contributed by atoms with Gasteiger partial charge in [-0.05, 0) is 18.9 Å². The molecule has 0 saturated heterocycles. The number of allylic oxidation sites excluding steroid dienone is 1. The topological polar surface area (TPSA) is 32.7 Å². The van der Waals surface area contributed by atoms with E-state index in [1.54, 1.807) is 6.21 Å². The molecule has 13 heavy (non-hydrogen) atoms. The molecule has 70 valence electrons. The molecule has 3 nitrogen and oxygen atoms in total. The molecule has 0 bridgehead atoms. The SMILES string of the molecule is O=C1CCCCC1N1C=CC=NC1. The van der Waals surface area contributed by atoms with Gasteiger partial charge in [0.1, 0.15) is 6.67 Å². The summed E-state index contributed by atoms with van der Waals surface area (Å²) in [5.41, 5.74) is 0. The maximum absolute atomic E-state index is 11.6. The van der Waals surface area contributed by atoms with Gasteiger partial charge in [0, 0.05) is 18.8 Å². The number of nitrogens with zero attached hydrogens (tertiary/aromatic N) is 2. The maximum Gasteiger partial charge on any atom is 0.155 e. The summed E-state index contributed by atoms with van der Waals surface area (Å²) in [6, 6.07) is 0.0995. The van der Waals surface area contributed by atoms with Crippen LogP contribution >= 0.6 is 0 Å². The van der Waals surface area contributed by atoms with Gasteiger partial charge in [-0.25, -0.2) is 0 Å². The Morgan fingerprint density at radius 2 is 2.38 bits per heavy atom. The Morgan fingerprint density at radius 3 is 3.08 bits per heavy atom. The summed E-state index contributed by atoms with van der Waals surface area (Å²) in [5, 5.41) is 0. The van der Waals surface area contributed by atoms with Crippen molar-refractivity contribution in [2.75, 3.05) is 6.67 Å². The predicted octanol–water partition coefficient (Wildman–Crippen LogP) is 1.36. The third-order valence-electron chi connectivity index (χ3n) is 2.64. The van der Waals surface area contributed by atoms with E-state index in [1.165, 1.54) is 6.42 Å². The van der Waals surface area contributed by atoms with Gasteiger partial charge in [0.25, 0.3) is 0 Å². The van der Waals surface area contributed by atoms with Gasteiger partial charge in [-0.2, -0.15) is 0 Å². The fourth-order valence-electron chi connectivity index (χ4n) is 1.92. The van der Waals surface area contributed by atoms with Gasteiger partial charge in [-0.1, -0.05) is 6.42 Å². The number of hydrogen-bond donors (Lipinski definition) is 0. The average molecular weight is 178 g/mol. The van der Waals surface area contributed by atoms with Gasteiger partial charge in [-0.15, -0.1) is 0 Å². The van der Waals surface area contributed by atoms with E-state index in [4.69, 9.17) is 0 Å². The van der Waals surface area contributed by atoms with Gasteiger partial charge >= 0.3 is 0 Å². The Kier molecular flexibility index (Phi) is 2.43. The fourth-order valence-corrected chi connectivity index (χ4v) is 1.92. The third-order valence-corrected chi connectivity index (χ3v) is 2.64. The van der Waals surface area contributed by atoms with Gasteiger partial charge < -0.3 is 4.90 Å². The van der Waals surface area contributed by atoms with Gasteiger partial charge in [-0.3, -0.25) is 9.79 Å². The second-order valence-corrected chi connectivity index (χ2v) is 3.56. The van der Waals surface area contributed by atoms with Crippen LogP contribution < -0.4 is 0 Å². The molecular formula is C10H14N2O. The van der Waals surface area contributed by atoms with Crippen molar-refractivity contribution in [3.8, 4) is 0 Å². The molecule has 0 amide bonds. The lowest BCUT2D eigenvalue weighted by molar-refractivity contribution is -0.125. The first-order valence-electron chi connectivity index (χ1n) is 4.83. The minimum Gasteiger partial charge on any atom is -0.348 e. The van der Waals surface area contributed by atoms with Crippen molar-refractivity contribution in [3.05, 3.63) is 12.3 Å². The second kappa shape index (κ2) is 3.73. The van der Waals surface area contributed by atoms with Crippen molar-refractivity contribution >= 4 is 12.0 Å². The summed E-state index contributed by atoms with van der Waals surface area (Å²) >= 11 is 0. The zero-order valence-electron chi connectivity index (χ0n) is 7.65. The lowest BCUT2D eigenvalue weighted by atomic mass is 9.93. The Hall–Kier alpha value is -1.12. The summed E-state index contributed by atoms with van der Waals surface area (Å²) in [5.74, 6) is 0.382. The summed E-state index contributed by atoms with van der Waals surface area (Å²) in [6.07, 6.45) is 9.63. The highest BCUT2D eigenvalue weighted by molar-refractivity contribution is 5.85. The van der Waals surface area contributed by atoms with Gasteiger partial charge in [0.15, 0.2) is 5.78 Å². The normalized spacial score (nSPS) is 28.2. The number of carbonyl (C=O) groups is 1. The molecule has 1 heterocycles. The van der Waals surface area contributed by atoms with E-state index in [9.17, 15) is 4.79 Å². The zero-order valence-corrected chi connectivity index (χ0v) is 7.65. The van der Waals surface area contributed by atoms with E-state index in [1.807, 2.05) is 17.2 Å². The monoisotopic (exact) mass is 178 g/mol. The number of ketones is 1. The van der Waals surface area contributed by atoms with Gasteiger partial charge in [0.05, 0.1) is 6.04 Å². The molecule has 0 N–H and O–H groups in total. The quantitative estimate of drug-likeness (QED) is 0.607. The number of hydrogen-bond acceptors (Lipinski definition) is 3. The summed E-state index contributed by atoms with van der Waals surface area (Å²) in [4.78, 5) is 17.7. The zero-order chi connectivity index (χ0) is 9.10. The Morgan fingerprint density at radius 1 is 1.46 bits per heavy atom. The highest BCUT2D eigenvalue weighted by Gasteiger charge is 2.26. The van der Waals surface area contributed by atoms with Crippen LogP contribution in [0, 0.1) is 0 Å². The van der Waals surface area contributed by atoms with Crippen LogP contribution in [0.2, 0.25) is 0 Å². The lowest BCUT2D eigenvalue weighted by Gasteiger charge is -2.31. The molecule has 1 unspecified atom stereocenters. The van der Waals surface area contributed by atoms with E-state index in [2.05, 4.69) is 4.99 Å². The van der Waals surface area contributed by atoms with Crippen molar-refractivity contribution in [2.24, 2.45) is 4.99 Å². The van der Waals surface area contributed by atoms with Gasteiger partial charge in [0.2, 0.25) is 0 Å². The van der Waals surface area contributed by atoms with Crippen molar-refractivity contribution in [1.29, 1.82) is 0 Å². The Bertz CT molecular complexity index is 258. The largest absolute Gasteiger partial charge is 0.348 e. The maximum atomic E-state index is 11.6. The highest BCUT2D eigenvalue weighted by atomic mass is 16.1. The molecular weight excluding hydrogens is 164 g/mol. The molecule has 0 aromatic rings. The number of rotatable bonds is 1. The Balaban J connectivity index is 2.02. The van der Waals surface area contributed by atoms with Crippen molar-refractivity contribution < 1.29 is 4.79 Å². The average Bonchev–Trinajstić information content (AvgIpc) is 2.20. The lowest BCUT2D eigenvalue weighted by Crippen LogP contribution is -2.40.